The molecule has 2 aliphatic rings. The number of aromatic nitrogens is 1. The number of methoxy groups -OCH3 is 1. The first-order chi connectivity index (χ1) is 20.4. The third kappa shape index (κ3) is 6.04. The standard InChI is InChI=1S/C36H44N2O3P2/c1-11-16-24(12-2)37-23(3)33-40-28-20-13-17-25(31(28)42(33)35(4,5)6)26-18-14-21-29-32(26)43(36(7,8)9)34(41-29)27-19-15-22-30(38-27)39-10/h11,13-22,33-34H,3,12H2,1-2,4-10H3/b16-11-,37-24-/t33-,34-,42-,43-/m1/s1. The fraction of sp³-hybridized carbons (Fsp3) is 0.389. The summed E-state index contributed by atoms with van der Waals surface area (Å²) in [6.45, 7) is 22.5. The van der Waals surface area contributed by atoms with E-state index in [2.05, 4.69) is 104 Å². The summed E-state index contributed by atoms with van der Waals surface area (Å²) in [6.07, 6.45) is 4.94. The molecule has 3 aromatic rings. The van der Waals surface area contributed by atoms with Crippen molar-refractivity contribution in [2.24, 2.45) is 4.99 Å². The summed E-state index contributed by atoms with van der Waals surface area (Å²) in [6, 6.07) is 18.9. The third-order valence-electron chi connectivity index (χ3n) is 7.66. The van der Waals surface area contributed by atoms with Crippen LogP contribution >= 0.6 is 15.8 Å². The van der Waals surface area contributed by atoms with Gasteiger partial charge in [0.15, 0.2) is 11.7 Å². The maximum atomic E-state index is 6.79. The van der Waals surface area contributed by atoms with Crippen LogP contribution in [0.4, 0.5) is 0 Å². The van der Waals surface area contributed by atoms with Crippen LogP contribution in [-0.4, -0.2) is 34.0 Å². The van der Waals surface area contributed by atoms with Crippen LogP contribution < -0.4 is 24.8 Å². The fourth-order valence-electron chi connectivity index (χ4n) is 5.88. The molecule has 226 valence electrons. The third-order valence-corrected chi connectivity index (χ3v) is 14.2. The second kappa shape index (κ2) is 12.2. The Labute approximate surface area is 260 Å². The Kier molecular flexibility index (Phi) is 8.90. The van der Waals surface area contributed by atoms with E-state index in [0.29, 0.717) is 5.88 Å². The molecule has 0 fully saturated rings. The van der Waals surface area contributed by atoms with Gasteiger partial charge in [0.05, 0.1) is 18.5 Å². The molecule has 0 unspecified atom stereocenters. The number of nitrogens with zero attached hydrogens (tertiary/aromatic N) is 2. The van der Waals surface area contributed by atoms with E-state index in [1.165, 1.54) is 21.7 Å². The molecule has 0 saturated carbocycles. The zero-order valence-electron chi connectivity index (χ0n) is 26.9. The molecule has 0 saturated heterocycles. The molecule has 0 amide bonds. The van der Waals surface area contributed by atoms with Crippen molar-refractivity contribution in [3.8, 4) is 28.5 Å². The Morgan fingerprint density at radius 2 is 1.49 bits per heavy atom. The molecule has 3 heterocycles. The Morgan fingerprint density at radius 3 is 2.05 bits per heavy atom. The number of aliphatic imine (C=N–C) groups is 1. The van der Waals surface area contributed by atoms with Crippen molar-refractivity contribution in [2.45, 2.75) is 83.8 Å². The largest absolute Gasteiger partial charge is 0.481 e. The van der Waals surface area contributed by atoms with Gasteiger partial charge in [0.1, 0.15) is 11.5 Å². The first kappa shape index (κ1) is 31.4. The highest BCUT2D eigenvalue weighted by atomic mass is 31.1. The summed E-state index contributed by atoms with van der Waals surface area (Å²) in [4.78, 5) is 9.79. The normalized spacial score (nSPS) is 21.7. The molecule has 2 aromatic carbocycles. The van der Waals surface area contributed by atoms with Gasteiger partial charge in [-0.05, 0) is 74.9 Å². The van der Waals surface area contributed by atoms with Gasteiger partial charge in [0.25, 0.3) is 0 Å². The summed E-state index contributed by atoms with van der Waals surface area (Å²) in [5, 5.41) is 2.50. The Morgan fingerprint density at radius 1 is 0.907 bits per heavy atom. The topological polar surface area (TPSA) is 52.9 Å². The lowest BCUT2D eigenvalue weighted by Gasteiger charge is -2.34. The first-order valence-electron chi connectivity index (χ1n) is 15.0. The molecule has 0 radical (unpaired) electrons. The van der Waals surface area contributed by atoms with Crippen molar-refractivity contribution in [3.63, 3.8) is 0 Å². The number of benzene rings is 2. The van der Waals surface area contributed by atoms with Crippen LogP contribution in [0, 0.1) is 0 Å². The lowest BCUT2D eigenvalue weighted by Crippen LogP contribution is -2.26. The van der Waals surface area contributed by atoms with Gasteiger partial charge in [-0.15, -0.1) is 0 Å². The van der Waals surface area contributed by atoms with Crippen molar-refractivity contribution in [2.75, 3.05) is 7.11 Å². The van der Waals surface area contributed by atoms with Crippen LogP contribution in [0.3, 0.4) is 0 Å². The van der Waals surface area contributed by atoms with Crippen molar-refractivity contribution in [1.82, 2.24) is 4.98 Å². The Balaban J connectivity index is 1.67. The van der Waals surface area contributed by atoms with Crippen molar-refractivity contribution in [1.29, 1.82) is 0 Å². The molecule has 0 aliphatic carbocycles. The number of rotatable bonds is 7. The highest BCUT2D eigenvalue weighted by Gasteiger charge is 2.48. The molecule has 2 aliphatic heterocycles. The van der Waals surface area contributed by atoms with Crippen LogP contribution in [0.5, 0.6) is 17.4 Å². The smallest absolute Gasteiger partial charge is 0.213 e. The SMILES string of the molecule is C=C(/N=C(\C=C/C)CC)[C@@H]1Oc2cccc(-c3cccc4c3[P@@](C(C)(C)C)[C@H](c3cccc(OC)n3)O4)c2[P@@]1C(C)(C)C. The summed E-state index contributed by atoms with van der Waals surface area (Å²) >= 11 is 0. The van der Waals surface area contributed by atoms with Gasteiger partial charge in [-0.2, -0.15) is 0 Å². The second-order valence-electron chi connectivity index (χ2n) is 12.9. The minimum absolute atomic E-state index is 0.0375. The van der Waals surface area contributed by atoms with Gasteiger partial charge in [-0.3, -0.25) is 4.99 Å². The van der Waals surface area contributed by atoms with E-state index in [4.69, 9.17) is 24.2 Å². The Bertz CT molecular complexity index is 1580. The lowest BCUT2D eigenvalue weighted by molar-refractivity contribution is 0.292. The van der Waals surface area contributed by atoms with Crippen LogP contribution in [0.2, 0.25) is 0 Å². The van der Waals surface area contributed by atoms with Crippen molar-refractivity contribution < 1.29 is 14.2 Å². The van der Waals surface area contributed by atoms with Gasteiger partial charge < -0.3 is 14.2 Å². The zero-order valence-corrected chi connectivity index (χ0v) is 28.7. The molecule has 0 bridgehead atoms. The molecular formula is C36H44N2O3P2. The molecule has 5 rings (SSSR count). The average Bonchev–Trinajstić information content (AvgIpc) is 3.57. The molecular weight excluding hydrogens is 570 g/mol. The van der Waals surface area contributed by atoms with Gasteiger partial charge in [-0.25, -0.2) is 4.98 Å². The molecule has 0 spiro atoms. The summed E-state index contributed by atoms with van der Waals surface area (Å²) in [5.41, 5.74) is 5.16. The van der Waals surface area contributed by atoms with Crippen LogP contribution in [0.15, 0.2) is 84.0 Å². The highest BCUT2D eigenvalue weighted by Crippen LogP contribution is 2.67. The van der Waals surface area contributed by atoms with Gasteiger partial charge >= 0.3 is 0 Å². The van der Waals surface area contributed by atoms with Crippen LogP contribution in [0.1, 0.15) is 73.3 Å². The van der Waals surface area contributed by atoms with E-state index in [9.17, 15) is 0 Å². The van der Waals surface area contributed by atoms with Gasteiger partial charge in [0, 0.05) is 22.4 Å². The van der Waals surface area contributed by atoms with Crippen molar-refractivity contribution >= 4 is 32.2 Å². The molecule has 43 heavy (non-hydrogen) atoms. The average molecular weight is 615 g/mol. The minimum atomic E-state index is -0.820. The highest BCUT2D eigenvalue weighted by molar-refractivity contribution is 7.69. The summed E-state index contributed by atoms with van der Waals surface area (Å²) in [5.74, 6) is 2.12. The predicted molar refractivity (Wildman–Crippen MR) is 185 cm³/mol. The fourth-order valence-corrected chi connectivity index (χ4v) is 11.9. The van der Waals surface area contributed by atoms with Gasteiger partial charge in [-0.1, -0.05) is 91.5 Å². The molecule has 1 aromatic heterocycles. The zero-order chi connectivity index (χ0) is 31.1. The van der Waals surface area contributed by atoms with E-state index >= 15 is 0 Å². The van der Waals surface area contributed by atoms with Crippen LogP contribution in [-0.2, 0) is 0 Å². The Hall–Kier alpha value is -3.00. The first-order valence-corrected chi connectivity index (χ1v) is 17.8. The number of hydrogen-bond donors (Lipinski definition) is 0. The van der Waals surface area contributed by atoms with E-state index < -0.39 is 15.8 Å². The van der Waals surface area contributed by atoms with E-state index in [1.807, 2.05) is 25.1 Å². The van der Waals surface area contributed by atoms with Crippen molar-refractivity contribution in [3.05, 3.63) is 84.7 Å². The van der Waals surface area contributed by atoms with E-state index in [0.717, 1.165) is 35.0 Å². The number of pyridine rings is 1. The van der Waals surface area contributed by atoms with E-state index in [1.54, 1.807) is 7.11 Å². The second-order valence-corrected chi connectivity index (χ2v) is 18.9. The lowest BCUT2D eigenvalue weighted by atomic mass is 10.0. The molecule has 5 nitrogen and oxygen atoms in total. The summed E-state index contributed by atoms with van der Waals surface area (Å²) in [7, 11) is 0.0208. The summed E-state index contributed by atoms with van der Waals surface area (Å²) < 4.78 is 19.0. The van der Waals surface area contributed by atoms with E-state index in [-0.39, 0.29) is 22.0 Å². The number of fused-ring (bicyclic) bond motifs is 2. The molecule has 0 N–H and O–H groups in total. The minimum Gasteiger partial charge on any atom is -0.481 e. The quantitative estimate of drug-likeness (QED) is 0.197. The van der Waals surface area contributed by atoms with Crippen LogP contribution in [0.25, 0.3) is 11.1 Å². The predicted octanol–water partition coefficient (Wildman–Crippen LogP) is 9.32. The maximum Gasteiger partial charge on any atom is 0.213 e. The molecule has 4 atom stereocenters. The molecule has 7 heteroatoms. The number of allylic oxidation sites excluding steroid dienone is 2. The number of hydrogen-bond acceptors (Lipinski definition) is 5. The van der Waals surface area contributed by atoms with Gasteiger partial charge in [0.2, 0.25) is 5.88 Å². The maximum absolute atomic E-state index is 6.79. The monoisotopic (exact) mass is 614 g/mol. The number of ether oxygens (including phenoxy) is 3.